The Morgan fingerprint density at radius 2 is 2.11 bits per heavy atom. The quantitative estimate of drug-likeness (QED) is 0.382. The van der Waals surface area contributed by atoms with Gasteiger partial charge in [0.2, 0.25) is 0 Å². The van der Waals surface area contributed by atoms with Crippen LogP contribution in [-0.2, 0) is 14.3 Å². The second-order valence-corrected chi connectivity index (χ2v) is 5.64. The molecule has 0 aliphatic carbocycles. The summed E-state index contributed by atoms with van der Waals surface area (Å²) in [7, 11) is 0. The molecule has 0 amide bonds. The second kappa shape index (κ2) is 8.36. The number of ether oxygens (including phenoxy) is 2. The van der Waals surface area contributed by atoms with Crippen molar-refractivity contribution >= 4 is 5.97 Å². The highest BCUT2D eigenvalue weighted by atomic mass is 16.5. The van der Waals surface area contributed by atoms with Crippen molar-refractivity contribution in [2.75, 3.05) is 19.8 Å². The van der Waals surface area contributed by atoms with Gasteiger partial charge in [0, 0.05) is 13.2 Å². The summed E-state index contributed by atoms with van der Waals surface area (Å²) in [6.07, 6.45) is 8.43. The molecular weight excluding hydrogens is 240 g/mol. The highest BCUT2D eigenvalue weighted by molar-refractivity contribution is 5.78. The molecule has 1 rings (SSSR count). The Labute approximate surface area is 117 Å². The summed E-state index contributed by atoms with van der Waals surface area (Å²) in [5.41, 5.74) is -0.522. The Bertz CT molecular complexity index is 282. The van der Waals surface area contributed by atoms with Crippen LogP contribution in [0.5, 0.6) is 0 Å². The van der Waals surface area contributed by atoms with Gasteiger partial charge in [-0.15, -0.1) is 6.58 Å². The van der Waals surface area contributed by atoms with Crippen molar-refractivity contribution in [3.05, 3.63) is 12.7 Å². The first-order valence-electron chi connectivity index (χ1n) is 7.51. The number of hydrogen-bond donors (Lipinski definition) is 0. The van der Waals surface area contributed by atoms with Gasteiger partial charge in [-0.25, -0.2) is 0 Å². The molecule has 19 heavy (non-hydrogen) atoms. The predicted octanol–water partition coefficient (Wildman–Crippen LogP) is 3.73. The fourth-order valence-corrected chi connectivity index (χ4v) is 2.54. The van der Waals surface area contributed by atoms with Gasteiger partial charge in [0.25, 0.3) is 0 Å². The first kappa shape index (κ1) is 16.2. The van der Waals surface area contributed by atoms with Crippen LogP contribution >= 0.6 is 0 Å². The molecule has 1 fully saturated rings. The normalized spacial score (nSPS) is 19.7. The smallest absolute Gasteiger partial charge is 0.315 e. The molecule has 1 saturated heterocycles. The zero-order valence-corrected chi connectivity index (χ0v) is 12.5. The van der Waals surface area contributed by atoms with Crippen molar-refractivity contribution in [2.45, 2.75) is 52.4 Å². The number of esters is 1. The molecule has 0 aromatic rings. The van der Waals surface area contributed by atoms with Gasteiger partial charge in [0.05, 0.1) is 12.0 Å². The molecule has 1 atom stereocenters. The molecule has 3 heteroatoms. The van der Waals surface area contributed by atoms with Gasteiger partial charge in [0.15, 0.2) is 0 Å². The Morgan fingerprint density at radius 1 is 1.42 bits per heavy atom. The van der Waals surface area contributed by atoms with E-state index in [1.807, 2.05) is 13.8 Å². The average Bonchev–Trinajstić information content (AvgIpc) is 2.44. The lowest BCUT2D eigenvalue weighted by Gasteiger charge is -2.25. The summed E-state index contributed by atoms with van der Waals surface area (Å²) in [5, 5.41) is 0. The summed E-state index contributed by atoms with van der Waals surface area (Å²) in [5.74, 6) is 0.669. The fraction of sp³-hybridized carbons (Fsp3) is 0.812. The van der Waals surface area contributed by atoms with Crippen molar-refractivity contribution in [1.82, 2.24) is 0 Å². The number of unbranched alkanes of at least 4 members (excludes halogenated alkanes) is 1. The minimum Gasteiger partial charge on any atom is -0.465 e. The van der Waals surface area contributed by atoms with Crippen LogP contribution in [0.4, 0.5) is 0 Å². The van der Waals surface area contributed by atoms with Gasteiger partial charge in [-0.2, -0.15) is 0 Å². The summed E-state index contributed by atoms with van der Waals surface area (Å²) in [6, 6.07) is 0. The molecule has 0 spiro atoms. The standard InChI is InChI=1S/C16H28O3/c1-4-16(3,15(17)19-5-2)11-7-6-8-14-9-12-18-13-10-14/h4,14H,1,5-13H2,2-3H3. The van der Waals surface area contributed by atoms with Gasteiger partial charge >= 0.3 is 5.97 Å². The maximum Gasteiger partial charge on any atom is 0.315 e. The van der Waals surface area contributed by atoms with E-state index in [-0.39, 0.29) is 5.97 Å². The zero-order chi connectivity index (χ0) is 14.1. The minimum absolute atomic E-state index is 0.143. The lowest BCUT2D eigenvalue weighted by molar-refractivity contribution is -0.151. The highest BCUT2D eigenvalue weighted by Crippen LogP contribution is 2.29. The van der Waals surface area contributed by atoms with Crippen LogP contribution in [0.2, 0.25) is 0 Å². The second-order valence-electron chi connectivity index (χ2n) is 5.64. The van der Waals surface area contributed by atoms with Crippen molar-refractivity contribution < 1.29 is 14.3 Å². The van der Waals surface area contributed by atoms with Crippen LogP contribution < -0.4 is 0 Å². The molecule has 1 heterocycles. The Morgan fingerprint density at radius 3 is 2.68 bits per heavy atom. The number of carbonyl (C=O) groups is 1. The molecule has 0 aromatic carbocycles. The number of hydrogen-bond acceptors (Lipinski definition) is 3. The lowest BCUT2D eigenvalue weighted by Crippen LogP contribution is -2.27. The van der Waals surface area contributed by atoms with Crippen LogP contribution in [0.25, 0.3) is 0 Å². The first-order valence-corrected chi connectivity index (χ1v) is 7.51. The number of rotatable bonds is 8. The summed E-state index contributed by atoms with van der Waals surface area (Å²) in [6.45, 7) is 9.81. The Balaban J connectivity index is 2.24. The van der Waals surface area contributed by atoms with E-state index in [1.165, 1.54) is 25.7 Å². The predicted molar refractivity (Wildman–Crippen MR) is 76.9 cm³/mol. The molecule has 0 aromatic heterocycles. The van der Waals surface area contributed by atoms with Crippen LogP contribution in [0.15, 0.2) is 12.7 Å². The molecule has 0 saturated carbocycles. The molecule has 3 nitrogen and oxygen atoms in total. The molecule has 1 aliphatic rings. The van der Waals surface area contributed by atoms with E-state index in [9.17, 15) is 4.79 Å². The minimum atomic E-state index is -0.522. The van der Waals surface area contributed by atoms with Crippen molar-refractivity contribution in [2.24, 2.45) is 11.3 Å². The Hall–Kier alpha value is -0.830. The molecule has 0 bridgehead atoms. The van der Waals surface area contributed by atoms with Gasteiger partial charge in [0.1, 0.15) is 0 Å². The van der Waals surface area contributed by atoms with Gasteiger partial charge in [-0.3, -0.25) is 4.79 Å². The van der Waals surface area contributed by atoms with Crippen molar-refractivity contribution in [3.63, 3.8) is 0 Å². The van der Waals surface area contributed by atoms with Crippen molar-refractivity contribution in [1.29, 1.82) is 0 Å². The Kier molecular flexibility index (Phi) is 7.14. The maximum atomic E-state index is 11.9. The third-order valence-corrected chi connectivity index (χ3v) is 4.09. The maximum absolute atomic E-state index is 11.9. The van der Waals surface area contributed by atoms with E-state index in [0.717, 1.165) is 32.0 Å². The van der Waals surface area contributed by atoms with Crippen LogP contribution in [0.3, 0.4) is 0 Å². The van der Waals surface area contributed by atoms with E-state index in [4.69, 9.17) is 9.47 Å². The molecule has 110 valence electrons. The van der Waals surface area contributed by atoms with Gasteiger partial charge in [-0.1, -0.05) is 25.3 Å². The molecule has 0 N–H and O–H groups in total. The van der Waals surface area contributed by atoms with Crippen LogP contribution in [0.1, 0.15) is 52.4 Å². The van der Waals surface area contributed by atoms with Crippen molar-refractivity contribution in [3.8, 4) is 0 Å². The SMILES string of the molecule is C=CC(C)(CCCCC1CCOCC1)C(=O)OCC. The van der Waals surface area contributed by atoms with Gasteiger partial charge in [-0.05, 0) is 39.0 Å². The largest absolute Gasteiger partial charge is 0.465 e. The van der Waals surface area contributed by atoms with E-state index in [1.54, 1.807) is 6.08 Å². The summed E-state index contributed by atoms with van der Waals surface area (Å²) in [4.78, 5) is 11.9. The fourth-order valence-electron chi connectivity index (χ4n) is 2.54. The van der Waals surface area contributed by atoms with Crippen LogP contribution in [-0.4, -0.2) is 25.8 Å². The zero-order valence-electron chi connectivity index (χ0n) is 12.5. The van der Waals surface area contributed by atoms with E-state index >= 15 is 0 Å². The average molecular weight is 268 g/mol. The topological polar surface area (TPSA) is 35.5 Å². The molecular formula is C16H28O3. The lowest BCUT2D eigenvalue weighted by atomic mass is 9.84. The van der Waals surface area contributed by atoms with E-state index in [0.29, 0.717) is 6.61 Å². The monoisotopic (exact) mass is 268 g/mol. The number of carbonyl (C=O) groups excluding carboxylic acids is 1. The molecule has 0 radical (unpaired) electrons. The van der Waals surface area contributed by atoms with Crippen LogP contribution in [0, 0.1) is 11.3 Å². The van der Waals surface area contributed by atoms with Gasteiger partial charge < -0.3 is 9.47 Å². The van der Waals surface area contributed by atoms with E-state index < -0.39 is 5.41 Å². The summed E-state index contributed by atoms with van der Waals surface area (Å²) < 4.78 is 10.5. The molecule has 1 aliphatic heterocycles. The first-order chi connectivity index (χ1) is 9.12. The summed E-state index contributed by atoms with van der Waals surface area (Å²) >= 11 is 0. The van der Waals surface area contributed by atoms with E-state index in [2.05, 4.69) is 6.58 Å². The third kappa shape index (κ3) is 5.35. The molecule has 1 unspecified atom stereocenters. The third-order valence-electron chi connectivity index (χ3n) is 4.09. The highest BCUT2D eigenvalue weighted by Gasteiger charge is 2.30.